The van der Waals surface area contributed by atoms with Gasteiger partial charge in [-0.25, -0.2) is 13.8 Å². The second-order valence-electron chi connectivity index (χ2n) is 5.05. The summed E-state index contributed by atoms with van der Waals surface area (Å²) in [5.41, 5.74) is 0.564. The van der Waals surface area contributed by atoms with E-state index in [0.29, 0.717) is 24.4 Å². The van der Waals surface area contributed by atoms with Crippen molar-refractivity contribution in [1.82, 2.24) is 14.9 Å². The van der Waals surface area contributed by atoms with Gasteiger partial charge in [-0.2, -0.15) is 0 Å². The number of nitrogens with zero attached hydrogens (tertiary/aromatic N) is 2. The Bertz CT molecular complexity index is 570. The van der Waals surface area contributed by atoms with E-state index in [2.05, 4.69) is 10.3 Å². The summed E-state index contributed by atoms with van der Waals surface area (Å²) in [7, 11) is 0. The number of halogens is 2. The van der Waals surface area contributed by atoms with Crippen LogP contribution in [0.5, 0.6) is 0 Å². The van der Waals surface area contributed by atoms with Crippen LogP contribution in [-0.2, 0) is 13.0 Å². The topological polar surface area (TPSA) is 29.9 Å². The van der Waals surface area contributed by atoms with Gasteiger partial charge in [-0.1, -0.05) is 13.8 Å². The fourth-order valence-corrected chi connectivity index (χ4v) is 2.31. The molecule has 0 saturated heterocycles. The van der Waals surface area contributed by atoms with Crippen molar-refractivity contribution in [3.8, 4) is 5.69 Å². The van der Waals surface area contributed by atoms with Crippen molar-refractivity contribution in [2.45, 2.75) is 39.7 Å². The Morgan fingerprint density at radius 2 is 1.86 bits per heavy atom. The van der Waals surface area contributed by atoms with Crippen molar-refractivity contribution >= 4 is 0 Å². The van der Waals surface area contributed by atoms with E-state index in [9.17, 15) is 8.78 Å². The smallest absolute Gasteiger partial charge is 0.150 e. The molecule has 2 rings (SSSR count). The second kappa shape index (κ2) is 7.31. The van der Waals surface area contributed by atoms with Gasteiger partial charge in [0, 0.05) is 25.4 Å². The van der Waals surface area contributed by atoms with Gasteiger partial charge in [0.05, 0.1) is 0 Å². The molecule has 0 aliphatic rings. The normalized spacial score (nSPS) is 11.0. The molecule has 1 aromatic carbocycles. The first kappa shape index (κ1) is 15.6. The molecule has 0 bridgehead atoms. The molecule has 0 atom stereocenters. The summed E-state index contributed by atoms with van der Waals surface area (Å²) in [6.07, 6.45) is 5.71. The molecule has 1 aromatic heterocycles. The molecule has 0 fully saturated rings. The number of nitrogens with one attached hydrogen (secondary N) is 1. The Kier molecular flexibility index (Phi) is 5.44. The predicted molar refractivity (Wildman–Crippen MR) is 79.5 cm³/mol. The Morgan fingerprint density at radius 1 is 1.14 bits per heavy atom. The summed E-state index contributed by atoms with van der Waals surface area (Å²) in [4.78, 5) is 4.16. The molecule has 0 radical (unpaired) electrons. The zero-order valence-corrected chi connectivity index (χ0v) is 12.5. The molecule has 0 amide bonds. The largest absolute Gasteiger partial charge is 0.313 e. The maximum absolute atomic E-state index is 14.3. The van der Waals surface area contributed by atoms with E-state index in [1.54, 1.807) is 12.4 Å². The summed E-state index contributed by atoms with van der Waals surface area (Å²) < 4.78 is 30.1. The van der Waals surface area contributed by atoms with Gasteiger partial charge >= 0.3 is 0 Å². The van der Waals surface area contributed by atoms with Gasteiger partial charge in [0.25, 0.3) is 0 Å². The third kappa shape index (κ3) is 3.67. The molecule has 1 N–H and O–H groups in total. The van der Waals surface area contributed by atoms with Crippen LogP contribution < -0.4 is 5.32 Å². The SMILES string of the molecule is CCCNCc1cc(F)c(-n2ccnc2CCC)c(F)c1. The summed E-state index contributed by atoms with van der Waals surface area (Å²) in [5.74, 6) is -0.440. The molecule has 1 heterocycles. The molecule has 3 nitrogen and oxygen atoms in total. The lowest BCUT2D eigenvalue weighted by atomic mass is 10.1. The molecule has 0 unspecified atom stereocenters. The van der Waals surface area contributed by atoms with Crippen molar-refractivity contribution in [1.29, 1.82) is 0 Å². The highest BCUT2D eigenvalue weighted by Crippen LogP contribution is 2.21. The monoisotopic (exact) mass is 293 g/mol. The number of hydrogen-bond donors (Lipinski definition) is 1. The zero-order valence-electron chi connectivity index (χ0n) is 12.5. The minimum absolute atomic E-state index is 0.0461. The van der Waals surface area contributed by atoms with E-state index in [4.69, 9.17) is 0 Å². The average Bonchev–Trinajstić information content (AvgIpc) is 2.87. The highest BCUT2D eigenvalue weighted by atomic mass is 19.1. The van der Waals surface area contributed by atoms with E-state index in [0.717, 1.165) is 19.4 Å². The van der Waals surface area contributed by atoms with Crippen LogP contribution in [0, 0.1) is 11.6 Å². The summed E-state index contributed by atoms with van der Waals surface area (Å²) >= 11 is 0. The Morgan fingerprint density at radius 3 is 2.48 bits per heavy atom. The Labute approximate surface area is 124 Å². The number of hydrogen-bond acceptors (Lipinski definition) is 2. The van der Waals surface area contributed by atoms with Gasteiger partial charge in [0.2, 0.25) is 0 Å². The van der Waals surface area contributed by atoms with Gasteiger partial charge in [0.15, 0.2) is 11.6 Å². The maximum Gasteiger partial charge on any atom is 0.150 e. The van der Waals surface area contributed by atoms with Crippen LogP contribution in [0.4, 0.5) is 8.78 Å². The van der Waals surface area contributed by atoms with Crippen molar-refractivity contribution in [3.05, 3.63) is 47.5 Å². The second-order valence-corrected chi connectivity index (χ2v) is 5.05. The molecular formula is C16H21F2N3. The molecule has 0 aliphatic heterocycles. The van der Waals surface area contributed by atoms with Crippen LogP contribution in [0.15, 0.2) is 24.5 Å². The maximum atomic E-state index is 14.3. The number of aryl methyl sites for hydroxylation is 1. The lowest BCUT2D eigenvalue weighted by molar-refractivity contribution is 0.558. The number of benzene rings is 1. The van der Waals surface area contributed by atoms with E-state index in [1.165, 1.54) is 16.7 Å². The van der Waals surface area contributed by atoms with E-state index >= 15 is 0 Å². The molecule has 114 valence electrons. The molecule has 21 heavy (non-hydrogen) atoms. The lowest BCUT2D eigenvalue weighted by Crippen LogP contribution is -2.15. The van der Waals surface area contributed by atoms with E-state index in [1.807, 2.05) is 13.8 Å². The highest BCUT2D eigenvalue weighted by Gasteiger charge is 2.15. The summed E-state index contributed by atoms with van der Waals surface area (Å²) in [5, 5.41) is 3.14. The number of rotatable bonds is 7. The first-order valence-electron chi connectivity index (χ1n) is 7.38. The number of aromatic nitrogens is 2. The summed E-state index contributed by atoms with van der Waals surface area (Å²) in [6.45, 7) is 5.35. The van der Waals surface area contributed by atoms with Crippen LogP contribution >= 0.6 is 0 Å². The first-order valence-corrected chi connectivity index (χ1v) is 7.38. The van der Waals surface area contributed by atoms with Crippen molar-refractivity contribution in [2.75, 3.05) is 6.54 Å². The fourth-order valence-electron chi connectivity index (χ4n) is 2.31. The molecule has 2 aromatic rings. The van der Waals surface area contributed by atoms with Crippen molar-refractivity contribution < 1.29 is 8.78 Å². The molecule has 0 saturated carbocycles. The van der Waals surface area contributed by atoms with Gasteiger partial charge in [-0.05, 0) is 37.1 Å². The predicted octanol–water partition coefficient (Wildman–Crippen LogP) is 3.60. The van der Waals surface area contributed by atoms with Gasteiger partial charge in [-0.15, -0.1) is 0 Å². The summed E-state index contributed by atoms with van der Waals surface area (Å²) in [6, 6.07) is 2.77. The lowest BCUT2D eigenvalue weighted by Gasteiger charge is -2.12. The number of imidazole rings is 1. The van der Waals surface area contributed by atoms with Crippen LogP contribution in [0.25, 0.3) is 5.69 Å². The van der Waals surface area contributed by atoms with E-state index in [-0.39, 0.29) is 5.69 Å². The van der Waals surface area contributed by atoms with Crippen molar-refractivity contribution in [2.24, 2.45) is 0 Å². The van der Waals surface area contributed by atoms with Crippen LogP contribution in [0.3, 0.4) is 0 Å². The zero-order chi connectivity index (χ0) is 15.2. The first-order chi connectivity index (χ1) is 10.2. The average molecular weight is 293 g/mol. The van der Waals surface area contributed by atoms with Gasteiger partial charge in [0.1, 0.15) is 11.5 Å². The third-order valence-electron chi connectivity index (χ3n) is 3.26. The Hall–Kier alpha value is -1.75. The molecular weight excluding hydrogens is 272 g/mol. The molecule has 0 aliphatic carbocycles. The minimum atomic E-state index is -0.557. The minimum Gasteiger partial charge on any atom is -0.313 e. The quantitative estimate of drug-likeness (QED) is 0.790. The van der Waals surface area contributed by atoms with Crippen LogP contribution in [-0.4, -0.2) is 16.1 Å². The van der Waals surface area contributed by atoms with Gasteiger partial charge in [-0.3, -0.25) is 4.57 Å². The van der Waals surface area contributed by atoms with Crippen LogP contribution in [0.1, 0.15) is 38.1 Å². The molecule has 5 heteroatoms. The Balaban J connectivity index is 2.30. The fraction of sp³-hybridized carbons (Fsp3) is 0.438. The third-order valence-corrected chi connectivity index (χ3v) is 3.26. The van der Waals surface area contributed by atoms with E-state index < -0.39 is 11.6 Å². The molecule has 0 spiro atoms. The highest BCUT2D eigenvalue weighted by molar-refractivity contribution is 5.39. The van der Waals surface area contributed by atoms with Crippen molar-refractivity contribution in [3.63, 3.8) is 0 Å². The van der Waals surface area contributed by atoms with Gasteiger partial charge < -0.3 is 5.32 Å². The standard InChI is InChI=1S/C16H21F2N3/c1-3-5-15-20-7-8-21(15)16-13(17)9-12(10-14(16)18)11-19-6-4-2/h7-10,19H,3-6,11H2,1-2H3. The van der Waals surface area contributed by atoms with Crippen LogP contribution in [0.2, 0.25) is 0 Å².